The van der Waals surface area contributed by atoms with Crippen molar-refractivity contribution < 1.29 is 19.7 Å². The molecule has 2 aliphatic rings. The number of aliphatic hydroxyl groups is 1. The van der Waals surface area contributed by atoms with Gasteiger partial charge in [-0.2, -0.15) is 0 Å². The first-order valence-corrected chi connectivity index (χ1v) is 8.56. The van der Waals surface area contributed by atoms with E-state index in [4.69, 9.17) is 9.84 Å². The molecule has 1 unspecified atom stereocenters. The molecule has 2 aliphatic heterocycles. The average Bonchev–Trinajstić information content (AvgIpc) is 3.15. The molecule has 5 atom stereocenters. The molecule has 0 aromatic heterocycles. The Hall–Kier alpha value is -1.91. The van der Waals surface area contributed by atoms with Crippen LogP contribution in [0.5, 0.6) is 0 Å². The standard InChI is InChI=1S/C20H24O4/c1-13(21)8-9-17-16(18-10-11-19(17)24-18)7-3-5-14-4-2-6-15(12-14)20(22)23/h2-6,8-9,12-13,16-19,21H,7,10-11H2,1H3,(H,22,23)/b5-3+,9-8?/t13?,16-,17+,18-,19+/m1/s1. The number of allylic oxidation sites excluding steroid dienone is 1. The summed E-state index contributed by atoms with van der Waals surface area (Å²) in [5.74, 6) is -0.124. The monoisotopic (exact) mass is 328 g/mol. The molecule has 0 saturated carbocycles. The molecule has 2 N–H and O–H groups in total. The third-order valence-corrected chi connectivity index (χ3v) is 4.95. The van der Waals surface area contributed by atoms with E-state index in [9.17, 15) is 9.90 Å². The minimum atomic E-state index is -0.907. The van der Waals surface area contributed by atoms with Crippen molar-refractivity contribution in [2.24, 2.45) is 11.8 Å². The molecule has 4 nitrogen and oxygen atoms in total. The van der Waals surface area contributed by atoms with Gasteiger partial charge in [-0.25, -0.2) is 4.79 Å². The normalized spacial score (nSPS) is 30.4. The Labute approximate surface area is 142 Å². The van der Waals surface area contributed by atoms with Gasteiger partial charge in [0, 0.05) is 5.92 Å². The van der Waals surface area contributed by atoms with Crippen molar-refractivity contribution in [3.63, 3.8) is 0 Å². The van der Waals surface area contributed by atoms with Crippen LogP contribution in [0.2, 0.25) is 0 Å². The molecular formula is C20H24O4. The molecular weight excluding hydrogens is 304 g/mol. The molecule has 2 heterocycles. The molecule has 3 rings (SSSR count). The highest BCUT2D eigenvalue weighted by Crippen LogP contribution is 2.45. The lowest BCUT2D eigenvalue weighted by molar-refractivity contribution is 0.0696. The highest BCUT2D eigenvalue weighted by Gasteiger charge is 2.46. The average molecular weight is 328 g/mol. The first kappa shape index (κ1) is 16.9. The first-order valence-electron chi connectivity index (χ1n) is 8.56. The molecule has 1 aromatic rings. The minimum absolute atomic E-state index is 0.277. The number of carboxylic acids is 1. The van der Waals surface area contributed by atoms with E-state index in [-0.39, 0.29) is 6.10 Å². The number of carbonyl (C=O) groups is 1. The van der Waals surface area contributed by atoms with E-state index in [0.717, 1.165) is 24.8 Å². The maximum atomic E-state index is 11.0. The SMILES string of the molecule is CC(O)C=C[C@H]1[C@@H](C/C=C/c2cccc(C(=O)O)c2)[C@H]2CC[C@@H]1O2. The second kappa shape index (κ2) is 7.32. The molecule has 0 aliphatic carbocycles. The van der Waals surface area contributed by atoms with E-state index in [0.29, 0.717) is 23.5 Å². The third kappa shape index (κ3) is 3.77. The van der Waals surface area contributed by atoms with Gasteiger partial charge in [0.15, 0.2) is 0 Å². The molecule has 2 fully saturated rings. The topological polar surface area (TPSA) is 66.8 Å². The summed E-state index contributed by atoms with van der Waals surface area (Å²) in [5.41, 5.74) is 1.20. The van der Waals surface area contributed by atoms with Crippen LogP contribution in [0.1, 0.15) is 42.1 Å². The lowest BCUT2D eigenvalue weighted by Gasteiger charge is -2.24. The van der Waals surface area contributed by atoms with Crippen LogP contribution in [-0.2, 0) is 4.74 Å². The molecule has 2 bridgehead atoms. The summed E-state index contributed by atoms with van der Waals surface area (Å²) in [6.45, 7) is 1.76. The van der Waals surface area contributed by atoms with Crippen LogP contribution in [0.4, 0.5) is 0 Å². The van der Waals surface area contributed by atoms with Crippen molar-refractivity contribution in [2.75, 3.05) is 0 Å². The van der Waals surface area contributed by atoms with Crippen LogP contribution < -0.4 is 0 Å². The second-order valence-corrected chi connectivity index (χ2v) is 6.73. The van der Waals surface area contributed by atoms with Gasteiger partial charge >= 0.3 is 5.97 Å². The zero-order chi connectivity index (χ0) is 17.1. The van der Waals surface area contributed by atoms with E-state index in [1.54, 1.807) is 25.1 Å². The van der Waals surface area contributed by atoms with Gasteiger partial charge in [-0.15, -0.1) is 0 Å². The molecule has 2 saturated heterocycles. The van der Waals surface area contributed by atoms with Gasteiger partial charge in [0.1, 0.15) is 0 Å². The Kier molecular flexibility index (Phi) is 5.17. The van der Waals surface area contributed by atoms with Crippen LogP contribution >= 0.6 is 0 Å². The predicted octanol–water partition coefficient (Wildman–Crippen LogP) is 3.52. The highest BCUT2D eigenvalue weighted by molar-refractivity contribution is 5.88. The number of aliphatic hydroxyl groups excluding tert-OH is 1. The Morgan fingerprint density at radius 3 is 2.92 bits per heavy atom. The highest BCUT2D eigenvalue weighted by atomic mass is 16.5. The van der Waals surface area contributed by atoms with Crippen LogP contribution in [0.15, 0.2) is 42.5 Å². The largest absolute Gasteiger partial charge is 0.478 e. The summed E-state index contributed by atoms with van der Waals surface area (Å²) < 4.78 is 6.04. The number of ether oxygens (including phenoxy) is 1. The van der Waals surface area contributed by atoms with Crippen LogP contribution in [0, 0.1) is 11.8 Å². The number of aromatic carboxylic acids is 1. The van der Waals surface area contributed by atoms with Crippen molar-refractivity contribution in [1.82, 2.24) is 0 Å². The lowest BCUT2D eigenvalue weighted by atomic mass is 9.77. The number of fused-ring (bicyclic) bond motifs is 2. The number of benzene rings is 1. The van der Waals surface area contributed by atoms with Crippen molar-refractivity contribution in [3.8, 4) is 0 Å². The van der Waals surface area contributed by atoms with E-state index in [1.807, 2.05) is 18.2 Å². The van der Waals surface area contributed by atoms with Gasteiger partial charge in [0.25, 0.3) is 0 Å². The maximum Gasteiger partial charge on any atom is 0.335 e. The van der Waals surface area contributed by atoms with Gasteiger partial charge in [-0.3, -0.25) is 0 Å². The number of rotatable bonds is 6. The smallest absolute Gasteiger partial charge is 0.335 e. The molecule has 24 heavy (non-hydrogen) atoms. The molecule has 4 heteroatoms. The fraction of sp³-hybridized carbons (Fsp3) is 0.450. The fourth-order valence-electron chi connectivity index (χ4n) is 3.81. The van der Waals surface area contributed by atoms with Crippen molar-refractivity contribution in [2.45, 2.75) is 44.5 Å². The van der Waals surface area contributed by atoms with E-state index in [1.165, 1.54) is 0 Å². The van der Waals surface area contributed by atoms with Crippen molar-refractivity contribution in [1.29, 1.82) is 0 Å². The minimum Gasteiger partial charge on any atom is -0.478 e. The Morgan fingerprint density at radius 2 is 2.17 bits per heavy atom. The maximum absolute atomic E-state index is 11.0. The van der Waals surface area contributed by atoms with Gasteiger partial charge < -0.3 is 14.9 Å². The molecule has 0 radical (unpaired) electrons. The van der Waals surface area contributed by atoms with Crippen LogP contribution in [0.25, 0.3) is 6.08 Å². The molecule has 0 spiro atoms. The van der Waals surface area contributed by atoms with Crippen LogP contribution in [-0.4, -0.2) is 34.5 Å². The predicted molar refractivity (Wildman–Crippen MR) is 92.7 cm³/mol. The summed E-state index contributed by atoms with van der Waals surface area (Å²) in [6.07, 6.45) is 11.3. The van der Waals surface area contributed by atoms with Crippen molar-refractivity contribution >= 4 is 12.0 Å². The number of hydrogen-bond acceptors (Lipinski definition) is 3. The van der Waals surface area contributed by atoms with E-state index < -0.39 is 12.1 Å². The summed E-state index contributed by atoms with van der Waals surface area (Å²) >= 11 is 0. The van der Waals surface area contributed by atoms with E-state index >= 15 is 0 Å². The zero-order valence-corrected chi connectivity index (χ0v) is 13.8. The summed E-state index contributed by atoms with van der Waals surface area (Å²) in [5, 5.41) is 18.5. The van der Waals surface area contributed by atoms with Crippen molar-refractivity contribution in [3.05, 3.63) is 53.6 Å². The van der Waals surface area contributed by atoms with Gasteiger partial charge in [0.2, 0.25) is 0 Å². The van der Waals surface area contributed by atoms with Gasteiger partial charge in [-0.1, -0.05) is 36.4 Å². The Bertz CT molecular complexity index is 647. The van der Waals surface area contributed by atoms with Gasteiger partial charge in [0.05, 0.1) is 23.9 Å². The lowest BCUT2D eigenvalue weighted by Crippen LogP contribution is -2.25. The van der Waals surface area contributed by atoms with E-state index in [2.05, 4.69) is 12.2 Å². The summed E-state index contributed by atoms with van der Waals surface area (Å²) in [4.78, 5) is 11.0. The number of hydrogen-bond donors (Lipinski definition) is 2. The quantitative estimate of drug-likeness (QED) is 0.784. The summed E-state index contributed by atoms with van der Waals surface area (Å²) in [6, 6.07) is 6.95. The molecule has 1 aromatic carbocycles. The Morgan fingerprint density at radius 1 is 1.38 bits per heavy atom. The molecule has 0 amide bonds. The first-order chi connectivity index (χ1) is 11.5. The van der Waals surface area contributed by atoms with Crippen LogP contribution in [0.3, 0.4) is 0 Å². The third-order valence-electron chi connectivity index (χ3n) is 4.95. The Balaban J connectivity index is 1.66. The summed E-state index contributed by atoms with van der Waals surface area (Å²) in [7, 11) is 0. The van der Waals surface area contributed by atoms with Gasteiger partial charge in [-0.05, 0) is 49.8 Å². The second-order valence-electron chi connectivity index (χ2n) is 6.73. The zero-order valence-electron chi connectivity index (χ0n) is 13.8. The fourth-order valence-corrected chi connectivity index (χ4v) is 3.81. The molecule has 128 valence electrons. The number of carboxylic acid groups (broad SMARTS) is 1.